The maximum Gasteiger partial charge on any atom is 0.147 e. The van der Waals surface area contributed by atoms with Gasteiger partial charge in [0.25, 0.3) is 0 Å². The van der Waals surface area contributed by atoms with Crippen LogP contribution in [-0.4, -0.2) is 50.1 Å². The van der Waals surface area contributed by atoms with Gasteiger partial charge >= 0.3 is 0 Å². The van der Waals surface area contributed by atoms with E-state index in [4.69, 9.17) is 5.11 Å². The highest BCUT2D eigenvalue weighted by Gasteiger charge is 2.27. The molecule has 2 rings (SSSR count). The van der Waals surface area contributed by atoms with Crippen LogP contribution < -0.4 is 0 Å². The van der Waals surface area contributed by atoms with Crippen molar-refractivity contribution in [1.29, 1.82) is 0 Å². The number of benzene rings is 1. The number of aliphatic hydroxyl groups is 1. The second kappa shape index (κ2) is 7.38. The Balaban J connectivity index is 2.03. The second-order valence-corrected chi connectivity index (χ2v) is 8.11. The van der Waals surface area contributed by atoms with Crippen LogP contribution in [0.2, 0.25) is 0 Å². The SMILES string of the molecule is CS(=O)(=O)CCCN(CCCO)[C@@H]1CCc2ccccc21. The van der Waals surface area contributed by atoms with Crippen molar-refractivity contribution in [1.82, 2.24) is 4.90 Å². The fourth-order valence-electron chi connectivity index (χ4n) is 3.14. The van der Waals surface area contributed by atoms with E-state index >= 15 is 0 Å². The van der Waals surface area contributed by atoms with Gasteiger partial charge in [-0.3, -0.25) is 4.90 Å². The minimum Gasteiger partial charge on any atom is -0.396 e. The highest BCUT2D eigenvalue weighted by molar-refractivity contribution is 7.90. The molecule has 0 fully saturated rings. The lowest BCUT2D eigenvalue weighted by Crippen LogP contribution is -2.31. The first kappa shape index (κ1) is 16.5. The molecule has 0 aliphatic heterocycles. The van der Waals surface area contributed by atoms with E-state index in [1.807, 2.05) is 0 Å². The van der Waals surface area contributed by atoms with Crippen molar-refractivity contribution in [2.75, 3.05) is 31.7 Å². The van der Waals surface area contributed by atoms with Gasteiger partial charge < -0.3 is 5.11 Å². The van der Waals surface area contributed by atoms with Crippen molar-refractivity contribution in [3.8, 4) is 0 Å². The minimum atomic E-state index is -2.90. The summed E-state index contributed by atoms with van der Waals surface area (Å²) in [5, 5.41) is 9.09. The van der Waals surface area contributed by atoms with Gasteiger partial charge in [0.1, 0.15) is 9.84 Å². The van der Waals surface area contributed by atoms with Crippen LogP contribution in [0.4, 0.5) is 0 Å². The van der Waals surface area contributed by atoms with Gasteiger partial charge in [-0.2, -0.15) is 0 Å². The van der Waals surface area contributed by atoms with Crippen molar-refractivity contribution >= 4 is 9.84 Å². The molecule has 1 aliphatic rings. The Labute approximate surface area is 127 Å². The van der Waals surface area contributed by atoms with Crippen LogP contribution in [0.5, 0.6) is 0 Å². The van der Waals surface area contributed by atoms with E-state index in [2.05, 4.69) is 29.2 Å². The summed E-state index contributed by atoms with van der Waals surface area (Å²) in [4.78, 5) is 2.34. The Morgan fingerprint density at radius 1 is 1.24 bits per heavy atom. The van der Waals surface area contributed by atoms with Gasteiger partial charge in [-0.1, -0.05) is 24.3 Å². The first-order chi connectivity index (χ1) is 10.0. The maximum absolute atomic E-state index is 11.3. The maximum atomic E-state index is 11.3. The number of fused-ring (bicyclic) bond motifs is 1. The minimum absolute atomic E-state index is 0.178. The summed E-state index contributed by atoms with van der Waals surface area (Å²) in [5.41, 5.74) is 2.77. The predicted octanol–water partition coefficient (Wildman–Crippen LogP) is 1.79. The Morgan fingerprint density at radius 3 is 2.67 bits per heavy atom. The number of hydrogen-bond donors (Lipinski definition) is 1. The number of sulfone groups is 1. The standard InChI is InChI=1S/C16H25NO3S/c1-21(19,20)13-5-11-17(10-4-12-18)16-9-8-14-6-2-3-7-15(14)16/h2-3,6-7,16,18H,4-5,8-13H2,1H3/t16-/m1/s1. The van der Waals surface area contributed by atoms with Gasteiger partial charge in [0, 0.05) is 25.4 Å². The largest absolute Gasteiger partial charge is 0.396 e. The molecule has 1 aromatic rings. The van der Waals surface area contributed by atoms with Crippen LogP contribution in [0.25, 0.3) is 0 Å². The Morgan fingerprint density at radius 2 is 1.95 bits per heavy atom. The molecule has 1 N–H and O–H groups in total. The molecule has 0 saturated carbocycles. The molecule has 21 heavy (non-hydrogen) atoms. The van der Waals surface area contributed by atoms with Gasteiger partial charge in [-0.25, -0.2) is 8.42 Å². The normalized spacial score (nSPS) is 18.1. The summed E-state index contributed by atoms with van der Waals surface area (Å²) >= 11 is 0. The zero-order chi connectivity index (χ0) is 15.3. The van der Waals surface area contributed by atoms with Gasteiger partial charge in [0.05, 0.1) is 5.75 Å². The molecular formula is C16H25NO3S. The molecule has 1 aliphatic carbocycles. The lowest BCUT2D eigenvalue weighted by atomic mass is 10.1. The summed E-state index contributed by atoms with van der Waals surface area (Å²) in [6, 6.07) is 8.86. The summed E-state index contributed by atoms with van der Waals surface area (Å²) in [6.45, 7) is 1.77. The van der Waals surface area contributed by atoms with Crippen LogP contribution in [-0.2, 0) is 16.3 Å². The quantitative estimate of drug-likeness (QED) is 0.795. The van der Waals surface area contributed by atoms with Crippen molar-refractivity contribution < 1.29 is 13.5 Å². The Hall–Kier alpha value is -0.910. The fraction of sp³-hybridized carbons (Fsp3) is 0.625. The molecule has 1 aromatic carbocycles. The van der Waals surface area contributed by atoms with Crippen molar-refractivity contribution in [2.24, 2.45) is 0 Å². The van der Waals surface area contributed by atoms with Crippen LogP contribution in [0.1, 0.15) is 36.4 Å². The zero-order valence-electron chi connectivity index (χ0n) is 12.7. The molecular weight excluding hydrogens is 286 g/mol. The highest BCUT2D eigenvalue weighted by atomic mass is 32.2. The van der Waals surface area contributed by atoms with E-state index in [0.717, 1.165) is 32.4 Å². The summed E-state index contributed by atoms with van der Waals surface area (Å²) < 4.78 is 22.6. The molecule has 1 atom stereocenters. The third kappa shape index (κ3) is 4.80. The average Bonchev–Trinajstić information content (AvgIpc) is 2.85. The number of rotatable bonds is 8. The first-order valence-electron chi connectivity index (χ1n) is 7.61. The van der Waals surface area contributed by atoms with Crippen LogP contribution in [0, 0.1) is 0 Å². The van der Waals surface area contributed by atoms with E-state index in [-0.39, 0.29) is 12.4 Å². The Kier molecular flexibility index (Phi) is 5.79. The lowest BCUT2D eigenvalue weighted by molar-refractivity contribution is 0.174. The molecule has 0 aromatic heterocycles. The van der Waals surface area contributed by atoms with Gasteiger partial charge in [-0.15, -0.1) is 0 Å². The van der Waals surface area contributed by atoms with E-state index in [1.165, 1.54) is 17.4 Å². The van der Waals surface area contributed by atoms with Crippen LogP contribution >= 0.6 is 0 Å². The summed E-state index contributed by atoms with van der Waals surface area (Å²) in [5.74, 6) is 0.233. The molecule has 0 radical (unpaired) electrons. The van der Waals surface area contributed by atoms with E-state index in [0.29, 0.717) is 12.5 Å². The molecule has 118 valence electrons. The van der Waals surface area contributed by atoms with Gasteiger partial charge in [0.15, 0.2) is 0 Å². The molecule has 4 nitrogen and oxygen atoms in total. The lowest BCUT2D eigenvalue weighted by Gasteiger charge is -2.29. The van der Waals surface area contributed by atoms with Crippen LogP contribution in [0.15, 0.2) is 24.3 Å². The van der Waals surface area contributed by atoms with Crippen molar-refractivity contribution in [2.45, 2.75) is 31.7 Å². The molecule has 0 bridgehead atoms. The van der Waals surface area contributed by atoms with Crippen molar-refractivity contribution in [3.63, 3.8) is 0 Å². The van der Waals surface area contributed by atoms with Crippen molar-refractivity contribution in [3.05, 3.63) is 35.4 Å². The van der Waals surface area contributed by atoms with Gasteiger partial charge in [-0.05, 0) is 43.4 Å². The molecule has 5 heteroatoms. The molecule has 0 heterocycles. The number of aliphatic hydroxyl groups excluding tert-OH is 1. The Bertz CT molecular complexity index is 556. The van der Waals surface area contributed by atoms with Crippen LogP contribution in [0.3, 0.4) is 0 Å². The molecule has 0 unspecified atom stereocenters. The second-order valence-electron chi connectivity index (χ2n) is 5.85. The number of aryl methyl sites for hydroxylation is 1. The highest BCUT2D eigenvalue weighted by Crippen LogP contribution is 2.35. The topological polar surface area (TPSA) is 57.6 Å². The zero-order valence-corrected chi connectivity index (χ0v) is 13.5. The summed E-state index contributed by atoms with van der Waals surface area (Å²) in [6.07, 6.45) is 4.85. The van der Waals surface area contributed by atoms with E-state index < -0.39 is 9.84 Å². The predicted molar refractivity (Wildman–Crippen MR) is 85.1 cm³/mol. The third-order valence-electron chi connectivity index (χ3n) is 4.11. The van der Waals surface area contributed by atoms with E-state index in [9.17, 15) is 8.42 Å². The molecule has 0 amide bonds. The average molecular weight is 311 g/mol. The monoisotopic (exact) mass is 311 g/mol. The fourth-order valence-corrected chi connectivity index (χ4v) is 3.79. The molecule has 0 saturated heterocycles. The summed E-state index contributed by atoms with van der Waals surface area (Å²) in [7, 11) is -2.90. The third-order valence-corrected chi connectivity index (χ3v) is 5.14. The smallest absolute Gasteiger partial charge is 0.147 e. The van der Waals surface area contributed by atoms with E-state index in [1.54, 1.807) is 0 Å². The first-order valence-corrected chi connectivity index (χ1v) is 9.68. The number of nitrogens with zero attached hydrogens (tertiary/aromatic N) is 1. The van der Waals surface area contributed by atoms with Gasteiger partial charge in [0.2, 0.25) is 0 Å². The number of hydrogen-bond acceptors (Lipinski definition) is 4. The molecule has 0 spiro atoms.